The zero-order valence-electron chi connectivity index (χ0n) is 11.2. The molecule has 0 heterocycles. The van der Waals surface area contributed by atoms with Crippen LogP contribution in [0.2, 0.25) is 0 Å². The normalized spacial score (nSPS) is 12.1. The van der Waals surface area contributed by atoms with Crippen LogP contribution < -0.4 is 15.2 Å². The first-order valence-electron chi connectivity index (χ1n) is 6.00. The molecule has 5 heteroatoms. The summed E-state index contributed by atoms with van der Waals surface area (Å²) in [4.78, 5) is 0. The Hall–Kier alpha value is -0.790. The van der Waals surface area contributed by atoms with Crippen LogP contribution in [0.1, 0.15) is 17.2 Å². The second-order valence-electron chi connectivity index (χ2n) is 4.22. The topological polar surface area (TPSA) is 44.5 Å². The SMILES string of the molecule is COc1cccc(OC)c1C(N)c1cc(I)ccc1Br. The molecule has 2 aromatic carbocycles. The lowest BCUT2D eigenvalue weighted by atomic mass is 9.98. The Balaban J connectivity index is 2.58. The molecule has 2 N–H and O–H groups in total. The van der Waals surface area contributed by atoms with Crippen molar-refractivity contribution in [3.63, 3.8) is 0 Å². The van der Waals surface area contributed by atoms with E-state index in [2.05, 4.69) is 44.6 Å². The van der Waals surface area contributed by atoms with Crippen molar-refractivity contribution in [2.24, 2.45) is 5.73 Å². The van der Waals surface area contributed by atoms with Crippen molar-refractivity contribution in [3.05, 3.63) is 55.6 Å². The van der Waals surface area contributed by atoms with Crippen LogP contribution in [0.3, 0.4) is 0 Å². The van der Waals surface area contributed by atoms with Crippen molar-refractivity contribution in [1.82, 2.24) is 0 Å². The molecule has 1 unspecified atom stereocenters. The molecule has 0 fully saturated rings. The van der Waals surface area contributed by atoms with E-state index in [0.29, 0.717) is 0 Å². The Morgan fingerprint density at radius 1 is 1.10 bits per heavy atom. The minimum Gasteiger partial charge on any atom is -0.496 e. The fourth-order valence-corrected chi connectivity index (χ4v) is 3.10. The van der Waals surface area contributed by atoms with Crippen LogP contribution in [0, 0.1) is 3.57 Å². The van der Waals surface area contributed by atoms with E-state index in [-0.39, 0.29) is 6.04 Å². The highest BCUT2D eigenvalue weighted by molar-refractivity contribution is 14.1. The Morgan fingerprint density at radius 2 is 1.70 bits per heavy atom. The van der Waals surface area contributed by atoms with Gasteiger partial charge in [0.2, 0.25) is 0 Å². The highest BCUT2D eigenvalue weighted by Crippen LogP contribution is 2.38. The molecule has 106 valence electrons. The Labute approximate surface area is 140 Å². The molecular weight excluding hydrogens is 433 g/mol. The lowest BCUT2D eigenvalue weighted by Gasteiger charge is -2.20. The van der Waals surface area contributed by atoms with Crippen LogP contribution >= 0.6 is 38.5 Å². The van der Waals surface area contributed by atoms with E-state index in [1.165, 1.54) is 0 Å². The average molecular weight is 448 g/mol. The van der Waals surface area contributed by atoms with E-state index >= 15 is 0 Å². The van der Waals surface area contributed by atoms with Crippen LogP contribution in [0.15, 0.2) is 40.9 Å². The molecule has 0 bridgehead atoms. The first-order chi connectivity index (χ1) is 9.58. The van der Waals surface area contributed by atoms with Crippen molar-refractivity contribution in [3.8, 4) is 11.5 Å². The summed E-state index contributed by atoms with van der Waals surface area (Å²) in [6.07, 6.45) is 0. The molecular formula is C15H15BrINO2. The quantitative estimate of drug-likeness (QED) is 0.717. The minimum atomic E-state index is -0.329. The average Bonchev–Trinajstić information content (AvgIpc) is 2.48. The molecule has 0 aliphatic heterocycles. The highest BCUT2D eigenvalue weighted by atomic mass is 127. The first kappa shape index (κ1) is 15.6. The van der Waals surface area contributed by atoms with Gasteiger partial charge in [0.05, 0.1) is 25.8 Å². The van der Waals surface area contributed by atoms with E-state index < -0.39 is 0 Å². The lowest BCUT2D eigenvalue weighted by Crippen LogP contribution is -2.15. The van der Waals surface area contributed by atoms with E-state index in [0.717, 1.165) is 30.7 Å². The number of ether oxygens (including phenoxy) is 2. The molecule has 0 saturated heterocycles. The van der Waals surface area contributed by atoms with Crippen molar-refractivity contribution in [2.45, 2.75) is 6.04 Å². The van der Waals surface area contributed by atoms with Crippen LogP contribution in [0.4, 0.5) is 0 Å². The van der Waals surface area contributed by atoms with Crippen LogP contribution in [0.25, 0.3) is 0 Å². The maximum Gasteiger partial charge on any atom is 0.127 e. The summed E-state index contributed by atoms with van der Waals surface area (Å²) in [5, 5.41) is 0. The van der Waals surface area contributed by atoms with Crippen LogP contribution in [-0.2, 0) is 0 Å². The van der Waals surface area contributed by atoms with Gasteiger partial charge < -0.3 is 15.2 Å². The Bertz CT molecular complexity index is 597. The Morgan fingerprint density at radius 3 is 2.25 bits per heavy atom. The van der Waals surface area contributed by atoms with Crippen LogP contribution in [-0.4, -0.2) is 14.2 Å². The maximum atomic E-state index is 6.45. The number of hydrogen-bond donors (Lipinski definition) is 1. The highest BCUT2D eigenvalue weighted by Gasteiger charge is 2.21. The predicted molar refractivity (Wildman–Crippen MR) is 92.4 cm³/mol. The molecule has 0 spiro atoms. The fraction of sp³-hybridized carbons (Fsp3) is 0.200. The van der Waals surface area contributed by atoms with Gasteiger partial charge in [-0.2, -0.15) is 0 Å². The smallest absolute Gasteiger partial charge is 0.127 e. The van der Waals surface area contributed by atoms with Crippen LogP contribution in [0.5, 0.6) is 11.5 Å². The number of hydrogen-bond acceptors (Lipinski definition) is 3. The maximum absolute atomic E-state index is 6.45. The second kappa shape index (κ2) is 6.78. The van der Waals surface area contributed by atoms with Crippen molar-refractivity contribution in [2.75, 3.05) is 14.2 Å². The predicted octanol–water partition coefficient (Wildman–Crippen LogP) is 4.12. The van der Waals surface area contributed by atoms with Gasteiger partial charge in [0.25, 0.3) is 0 Å². The summed E-state index contributed by atoms with van der Waals surface area (Å²) in [5.41, 5.74) is 8.29. The molecule has 0 aliphatic rings. The molecule has 1 atom stereocenters. The van der Waals surface area contributed by atoms with Gasteiger partial charge in [0.15, 0.2) is 0 Å². The van der Waals surface area contributed by atoms with Gasteiger partial charge in [0, 0.05) is 8.04 Å². The van der Waals surface area contributed by atoms with Gasteiger partial charge in [-0.25, -0.2) is 0 Å². The molecule has 0 amide bonds. The number of nitrogens with two attached hydrogens (primary N) is 1. The molecule has 0 radical (unpaired) electrons. The summed E-state index contributed by atoms with van der Waals surface area (Å²) >= 11 is 5.83. The van der Waals surface area contributed by atoms with Gasteiger partial charge in [-0.15, -0.1) is 0 Å². The number of halogens is 2. The number of benzene rings is 2. The van der Waals surface area contributed by atoms with Gasteiger partial charge in [-0.1, -0.05) is 22.0 Å². The van der Waals surface area contributed by atoms with E-state index in [1.54, 1.807) is 14.2 Å². The molecule has 0 saturated carbocycles. The van der Waals surface area contributed by atoms with Gasteiger partial charge >= 0.3 is 0 Å². The molecule has 2 rings (SSSR count). The summed E-state index contributed by atoms with van der Waals surface area (Å²) in [5.74, 6) is 1.45. The third-order valence-corrected chi connectivity index (χ3v) is 4.46. The molecule has 3 nitrogen and oxygen atoms in total. The van der Waals surface area contributed by atoms with E-state index in [9.17, 15) is 0 Å². The van der Waals surface area contributed by atoms with Gasteiger partial charge in [-0.05, 0) is 58.5 Å². The monoisotopic (exact) mass is 447 g/mol. The molecule has 20 heavy (non-hydrogen) atoms. The minimum absolute atomic E-state index is 0.329. The number of rotatable bonds is 4. The third kappa shape index (κ3) is 3.10. The van der Waals surface area contributed by atoms with Crippen molar-refractivity contribution >= 4 is 38.5 Å². The van der Waals surface area contributed by atoms with E-state index in [4.69, 9.17) is 15.2 Å². The first-order valence-corrected chi connectivity index (χ1v) is 7.87. The van der Waals surface area contributed by atoms with Gasteiger partial charge in [0.1, 0.15) is 11.5 Å². The largest absolute Gasteiger partial charge is 0.496 e. The fourth-order valence-electron chi connectivity index (χ4n) is 2.09. The summed E-state index contributed by atoms with van der Waals surface area (Å²) < 4.78 is 12.9. The van der Waals surface area contributed by atoms with Crippen molar-refractivity contribution < 1.29 is 9.47 Å². The van der Waals surface area contributed by atoms with Crippen molar-refractivity contribution in [1.29, 1.82) is 0 Å². The summed E-state index contributed by atoms with van der Waals surface area (Å²) in [6, 6.07) is 11.4. The number of methoxy groups -OCH3 is 2. The molecule has 2 aromatic rings. The summed E-state index contributed by atoms with van der Waals surface area (Å²) in [7, 11) is 3.27. The molecule has 0 aliphatic carbocycles. The Kier molecular flexibility index (Phi) is 5.29. The molecule has 0 aromatic heterocycles. The third-order valence-electron chi connectivity index (χ3n) is 3.07. The zero-order valence-corrected chi connectivity index (χ0v) is 14.9. The lowest BCUT2D eigenvalue weighted by molar-refractivity contribution is 0.382. The zero-order chi connectivity index (χ0) is 14.7. The summed E-state index contributed by atoms with van der Waals surface area (Å²) in [6.45, 7) is 0. The second-order valence-corrected chi connectivity index (χ2v) is 6.32. The van der Waals surface area contributed by atoms with Gasteiger partial charge in [-0.3, -0.25) is 0 Å². The van der Waals surface area contributed by atoms with E-state index in [1.807, 2.05) is 30.3 Å². The standard InChI is InChI=1S/C15H15BrINO2/c1-19-12-4-3-5-13(20-2)14(12)15(18)10-8-9(17)6-7-11(10)16/h3-8,15H,18H2,1-2H3.